The van der Waals surface area contributed by atoms with Gasteiger partial charge in [0.15, 0.2) is 0 Å². The number of rotatable bonds is 53. The fourth-order valence-electron chi connectivity index (χ4n) is 8.88. The monoisotopic (exact) mass is 952 g/mol. The van der Waals surface area contributed by atoms with Gasteiger partial charge in [-0.05, 0) is 83.5 Å². The molecule has 0 spiro atoms. The first-order valence-electron chi connectivity index (χ1n) is 29.5. The number of aliphatic hydroxyl groups is 2. The predicted octanol–water partition coefficient (Wildman–Crippen LogP) is 18.4. The standard InChI is InChI=1S/C62H113NO5/c1-4-7-10-13-16-19-22-25-28-30-32-34-37-40-43-46-49-52-55-62(67)68-58(53-50-47-44-41-38-35-33-31-29-26-23-20-17-14-11-8-5-2)56-61(66)63-59(57-64)60(65)54-51-48-45-42-39-36-27-24-21-18-15-12-9-6-3/h17,20,22,25-26,28-30,32,34,58-60,64-65H,4-16,18-19,21,23-24,27,31,33,35-57H2,1-3H3,(H,63,66)/b20-17-,25-22+,29-26-,30-28+,34-32+. The highest BCUT2D eigenvalue weighted by Gasteiger charge is 2.24. The Morgan fingerprint density at radius 1 is 0.441 bits per heavy atom. The summed E-state index contributed by atoms with van der Waals surface area (Å²) in [6.45, 7) is 6.46. The molecule has 0 radical (unpaired) electrons. The number of aliphatic hydroxyl groups excluding tert-OH is 2. The fraction of sp³-hybridized carbons (Fsp3) is 0.806. The average Bonchev–Trinajstić information content (AvgIpc) is 3.33. The molecule has 396 valence electrons. The number of ether oxygens (including phenoxy) is 1. The first kappa shape index (κ1) is 65.6. The van der Waals surface area contributed by atoms with Crippen LogP contribution in [0.15, 0.2) is 60.8 Å². The minimum atomic E-state index is -0.796. The number of amides is 1. The number of carbonyl (C=O) groups is 2. The van der Waals surface area contributed by atoms with E-state index in [1.807, 2.05) is 0 Å². The molecule has 0 aliphatic carbocycles. The van der Waals surface area contributed by atoms with E-state index < -0.39 is 18.2 Å². The highest BCUT2D eigenvalue weighted by atomic mass is 16.5. The Bertz CT molecular complexity index is 1210. The van der Waals surface area contributed by atoms with Crippen LogP contribution in [-0.2, 0) is 14.3 Å². The number of allylic oxidation sites excluding steroid dienone is 10. The van der Waals surface area contributed by atoms with E-state index in [4.69, 9.17) is 4.74 Å². The maximum atomic E-state index is 13.3. The summed E-state index contributed by atoms with van der Waals surface area (Å²) in [6.07, 6.45) is 69.9. The quantitative estimate of drug-likeness (QED) is 0.0244. The third-order valence-electron chi connectivity index (χ3n) is 13.4. The van der Waals surface area contributed by atoms with Crippen LogP contribution in [0.25, 0.3) is 0 Å². The van der Waals surface area contributed by atoms with Crippen molar-refractivity contribution in [3.8, 4) is 0 Å². The highest BCUT2D eigenvalue weighted by molar-refractivity contribution is 5.77. The molecular weight excluding hydrogens is 839 g/mol. The van der Waals surface area contributed by atoms with Crippen molar-refractivity contribution in [2.45, 2.75) is 315 Å². The van der Waals surface area contributed by atoms with Crippen molar-refractivity contribution < 1.29 is 24.5 Å². The predicted molar refractivity (Wildman–Crippen MR) is 296 cm³/mol. The van der Waals surface area contributed by atoms with E-state index in [-0.39, 0.29) is 24.9 Å². The van der Waals surface area contributed by atoms with Gasteiger partial charge in [-0.25, -0.2) is 0 Å². The second-order valence-electron chi connectivity index (χ2n) is 20.1. The third-order valence-corrected chi connectivity index (χ3v) is 13.4. The zero-order chi connectivity index (χ0) is 49.5. The molecule has 0 aromatic rings. The maximum Gasteiger partial charge on any atom is 0.306 e. The van der Waals surface area contributed by atoms with Crippen molar-refractivity contribution in [2.24, 2.45) is 0 Å². The highest BCUT2D eigenvalue weighted by Crippen LogP contribution is 2.18. The van der Waals surface area contributed by atoms with Gasteiger partial charge < -0.3 is 20.3 Å². The van der Waals surface area contributed by atoms with Gasteiger partial charge in [0, 0.05) is 6.42 Å². The molecule has 3 atom stereocenters. The van der Waals surface area contributed by atoms with Crippen LogP contribution in [0, 0.1) is 0 Å². The van der Waals surface area contributed by atoms with Gasteiger partial charge in [0.25, 0.3) is 0 Å². The lowest BCUT2D eigenvalue weighted by atomic mass is 10.0. The van der Waals surface area contributed by atoms with E-state index >= 15 is 0 Å². The summed E-state index contributed by atoms with van der Waals surface area (Å²) >= 11 is 0. The molecule has 68 heavy (non-hydrogen) atoms. The molecule has 6 nitrogen and oxygen atoms in total. The Hall–Kier alpha value is -2.44. The second-order valence-corrected chi connectivity index (χ2v) is 20.1. The summed E-state index contributed by atoms with van der Waals surface area (Å²) in [5.41, 5.74) is 0. The van der Waals surface area contributed by atoms with Gasteiger partial charge in [-0.15, -0.1) is 0 Å². The van der Waals surface area contributed by atoms with Crippen LogP contribution >= 0.6 is 0 Å². The van der Waals surface area contributed by atoms with Crippen LogP contribution in [0.4, 0.5) is 0 Å². The Morgan fingerprint density at radius 3 is 1.26 bits per heavy atom. The minimum absolute atomic E-state index is 0.0636. The van der Waals surface area contributed by atoms with E-state index in [1.165, 1.54) is 161 Å². The number of nitrogens with one attached hydrogen (secondary N) is 1. The Kier molecular flexibility index (Phi) is 53.5. The molecule has 0 heterocycles. The van der Waals surface area contributed by atoms with Gasteiger partial charge in [-0.3, -0.25) is 9.59 Å². The molecule has 6 heteroatoms. The summed E-state index contributed by atoms with van der Waals surface area (Å²) in [6, 6.07) is -0.711. The molecule has 0 aromatic carbocycles. The van der Waals surface area contributed by atoms with Crippen molar-refractivity contribution in [1.29, 1.82) is 0 Å². The Balaban J connectivity index is 4.62. The molecule has 0 bridgehead atoms. The number of hydrogen-bond acceptors (Lipinski definition) is 5. The van der Waals surface area contributed by atoms with Crippen LogP contribution in [0.5, 0.6) is 0 Å². The molecule has 0 saturated carbocycles. The van der Waals surface area contributed by atoms with Crippen LogP contribution < -0.4 is 5.32 Å². The first-order chi connectivity index (χ1) is 33.5. The third kappa shape index (κ3) is 50.0. The van der Waals surface area contributed by atoms with Gasteiger partial charge in [0.2, 0.25) is 5.91 Å². The van der Waals surface area contributed by atoms with Crippen LogP contribution in [0.3, 0.4) is 0 Å². The lowest BCUT2D eigenvalue weighted by Gasteiger charge is -2.24. The van der Waals surface area contributed by atoms with Gasteiger partial charge in [0.05, 0.1) is 25.2 Å². The van der Waals surface area contributed by atoms with Crippen molar-refractivity contribution in [1.82, 2.24) is 5.32 Å². The zero-order valence-electron chi connectivity index (χ0n) is 45.2. The van der Waals surface area contributed by atoms with E-state index in [9.17, 15) is 19.8 Å². The van der Waals surface area contributed by atoms with E-state index in [0.29, 0.717) is 19.3 Å². The van der Waals surface area contributed by atoms with Crippen molar-refractivity contribution >= 4 is 11.9 Å². The molecule has 3 unspecified atom stereocenters. The molecule has 1 amide bonds. The van der Waals surface area contributed by atoms with E-state index in [2.05, 4.69) is 86.8 Å². The summed E-state index contributed by atoms with van der Waals surface area (Å²) in [4.78, 5) is 26.3. The summed E-state index contributed by atoms with van der Waals surface area (Å²) in [5.74, 6) is -0.496. The average molecular weight is 953 g/mol. The van der Waals surface area contributed by atoms with E-state index in [0.717, 1.165) is 89.9 Å². The van der Waals surface area contributed by atoms with Gasteiger partial charge in [-0.1, -0.05) is 261 Å². The molecule has 0 saturated heterocycles. The zero-order valence-corrected chi connectivity index (χ0v) is 45.2. The summed E-state index contributed by atoms with van der Waals surface area (Å²) < 4.78 is 5.96. The summed E-state index contributed by atoms with van der Waals surface area (Å²) in [7, 11) is 0. The molecule has 0 aromatic heterocycles. The molecule has 3 N–H and O–H groups in total. The fourth-order valence-corrected chi connectivity index (χ4v) is 8.88. The normalized spacial score (nSPS) is 13.5. The van der Waals surface area contributed by atoms with Crippen LogP contribution in [0.1, 0.15) is 297 Å². The van der Waals surface area contributed by atoms with Crippen molar-refractivity contribution in [2.75, 3.05) is 6.61 Å². The first-order valence-corrected chi connectivity index (χ1v) is 29.5. The van der Waals surface area contributed by atoms with Crippen molar-refractivity contribution in [3.05, 3.63) is 60.8 Å². The lowest BCUT2D eigenvalue weighted by molar-refractivity contribution is -0.151. The molecule has 0 fully saturated rings. The molecular formula is C62H113NO5. The van der Waals surface area contributed by atoms with E-state index in [1.54, 1.807) is 0 Å². The van der Waals surface area contributed by atoms with Gasteiger partial charge in [0.1, 0.15) is 6.10 Å². The summed E-state index contributed by atoms with van der Waals surface area (Å²) in [5, 5.41) is 23.9. The Morgan fingerprint density at radius 2 is 0.809 bits per heavy atom. The van der Waals surface area contributed by atoms with Crippen LogP contribution in [0.2, 0.25) is 0 Å². The number of carbonyl (C=O) groups excluding carboxylic acids is 2. The Labute approximate surface area is 422 Å². The van der Waals surface area contributed by atoms with Gasteiger partial charge >= 0.3 is 5.97 Å². The number of hydrogen-bond donors (Lipinski definition) is 3. The number of esters is 1. The molecule has 0 aliphatic rings. The number of unbranched alkanes of at least 4 members (excludes halogenated alkanes) is 33. The van der Waals surface area contributed by atoms with Crippen molar-refractivity contribution in [3.63, 3.8) is 0 Å². The lowest BCUT2D eigenvalue weighted by Crippen LogP contribution is -2.46. The smallest absolute Gasteiger partial charge is 0.306 e. The topological polar surface area (TPSA) is 95.9 Å². The molecule has 0 aliphatic heterocycles. The minimum Gasteiger partial charge on any atom is -0.462 e. The van der Waals surface area contributed by atoms with Crippen LogP contribution in [-0.4, -0.2) is 46.9 Å². The SMILES string of the molecule is CCCCC/C=C\C/C=C\CCCCCCCCCC(CC(=O)NC(CO)C(O)CCCCCCCCCCCCCCCC)OC(=O)CCCCCCC/C=C/C=C/C=C/CCCCCCC. The maximum absolute atomic E-state index is 13.3. The largest absolute Gasteiger partial charge is 0.462 e. The molecule has 0 rings (SSSR count). The van der Waals surface area contributed by atoms with Gasteiger partial charge in [-0.2, -0.15) is 0 Å². The second kappa shape index (κ2) is 55.5.